The molecule has 0 aromatic heterocycles. The highest BCUT2D eigenvalue weighted by molar-refractivity contribution is 5.21. The summed E-state index contributed by atoms with van der Waals surface area (Å²) in [7, 11) is 0. The van der Waals surface area contributed by atoms with Crippen LogP contribution in [0.2, 0.25) is 0 Å². The van der Waals surface area contributed by atoms with Crippen LogP contribution in [0.1, 0.15) is 13.3 Å². The number of hydrogen-bond acceptors (Lipinski definition) is 2. The molecule has 1 heterocycles. The number of para-hydroxylation sites is 1. The van der Waals surface area contributed by atoms with Gasteiger partial charge in [-0.2, -0.15) is 0 Å². The highest BCUT2D eigenvalue weighted by atomic mass is 16.7. The van der Waals surface area contributed by atoms with Crippen molar-refractivity contribution in [2.75, 3.05) is 6.61 Å². The summed E-state index contributed by atoms with van der Waals surface area (Å²) in [4.78, 5) is 0. The van der Waals surface area contributed by atoms with E-state index in [1.807, 2.05) is 37.3 Å². The monoisotopic (exact) mass is 164 g/mol. The van der Waals surface area contributed by atoms with Crippen LogP contribution in [0.4, 0.5) is 0 Å². The molecule has 1 aliphatic rings. The van der Waals surface area contributed by atoms with Crippen molar-refractivity contribution in [3.05, 3.63) is 30.3 Å². The Hall–Kier alpha value is -1.02. The fraction of sp³-hybridized carbons (Fsp3) is 0.400. The van der Waals surface area contributed by atoms with E-state index in [0.717, 1.165) is 18.8 Å². The topological polar surface area (TPSA) is 18.5 Å². The van der Waals surface area contributed by atoms with E-state index in [4.69, 9.17) is 9.47 Å². The van der Waals surface area contributed by atoms with Crippen LogP contribution in [0.25, 0.3) is 0 Å². The lowest BCUT2D eigenvalue weighted by Crippen LogP contribution is -2.45. The summed E-state index contributed by atoms with van der Waals surface area (Å²) in [6.45, 7) is 2.77. The third kappa shape index (κ3) is 1.43. The maximum Gasteiger partial charge on any atom is 0.209 e. The molecule has 0 N–H and O–H groups in total. The molecule has 1 aromatic carbocycles. The molecule has 1 saturated heterocycles. The van der Waals surface area contributed by atoms with Gasteiger partial charge in [0.25, 0.3) is 0 Å². The number of hydrogen-bond donors (Lipinski definition) is 0. The second-order valence-electron chi connectivity index (χ2n) is 3.15. The number of ether oxygens (including phenoxy) is 2. The highest BCUT2D eigenvalue weighted by Gasteiger charge is 2.35. The van der Waals surface area contributed by atoms with Gasteiger partial charge < -0.3 is 9.47 Å². The van der Waals surface area contributed by atoms with Gasteiger partial charge in [0, 0.05) is 13.3 Å². The minimum Gasteiger partial charge on any atom is -0.463 e. The van der Waals surface area contributed by atoms with Crippen LogP contribution in [-0.4, -0.2) is 12.4 Å². The fourth-order valence-electron chi connectivity index (χ4n) is 1.21. The van der Waals surface area contributed by atoms with Crippen LogP contribution in [0.5, 0.6) is 5.75 Å². The van der Waals surface area contributed by atoms with E-state index in [1.54, 1.807) is 0 Å². The van der Waals surface area contributed by atoms with Crippen molar-refractivity contribution < 1.29 is 9.47 Å². The van der Waals surface area contributed by atoms with E-state index in [0.29, 0.717) is 0 Å². The van der Waals surface area contributed by atoms with Gasteiger partial charge in [-0.3, -0.25) is 0 Å². The molecule has 0 aliphatic carbocycles. The highest BCUT2D eigenvalue weighted by Crippen LogP contribution is 2.28. The maximum atomic E-state index is 5.62. The smallest absolute Gasteiger partial charge is 0.209 e. The normalized spacial score (nSPS) is 27.8. The van der Waals surface area contributed by atoms with Gasteiger partial charge in [-0.25, -0.2) is 0 Å². The molecule has 64 valence electrons. The Morgan fingerprint density at radius 1 is 1.33 bits per heavy atom. The Morgan fingerprint density at radius 2 is 2.00 bits per heavy atom. The average Bonchev–Trinajstić information content (AvgIpc) is 2.04. The second-order valence-corrected chi connectivity index (χ2v) is 3.15. The molecule has 0 bridgehead atoms. The van der Waals surface area contributed by atoms with Gasteiger partial charge in [0.1, 0.15) is 5.75 Å². The van der Waals surface area contributed by atoms with Crippen LogP contribution in [0.15, 0.2) is 30.3 Å². The number of benzene rings is 1. The first kappa shape index (κ1) is 7.62. The van der Waals surface area contributed by atoms with Crippen LogP contribution >= 0.6 is 0 Å². The van der Waals surface area contributed by atoms with E-state index < -0.39 is 0 Å². The molecule has 0 saturated carbocycles. The predicted molar refractivity (Wildman–Crippen MR) is 46.0 cm³/mol. The van der Waals surface area contributed by atoms with Gasteiger partial charge >= 0.3 is 0 Å². The maximum absolute atomic E-state index is 5.62. The van der Waals surface area contributed by atoms with E-state index in [9.17, 15) is 0 Å². The van der Waals surface area contributed by atoms with E-state index >= 15 is 0 Å². The van der Waals surface area contributed by atoms with Gasteiger partial charge in [0.2, 0.25) is 5.79 Å². The van der Waals surface area contributed by atoms with Gasteiger partial charge in [0.05, 0.1) is 6.61 Å². The van der Waals surface area contributed by atoms with Crippen LogP contribution in [0, 0.1) is 0 Å². The molecular weight excluding hydrogens is 152 g/mol. The minimum atomic E-state index is -0.374. The molecule has 2 heteroatoms. The molecule has 2 nitrogen and oxygen atoms in total. The van der Waals surface area contributed by atoms with Crippen molar-refractivity contribution in [3.63, 3.8) is 0 Å². The lowest BCUT2D eigenvalue weighted by molar-refractivity contribution is -0.251. The van der Waals surface area contributed by atoms with Gasteiger partial charge in [-0.1, -0.05) is 18.2 Å². The summed E-state index contributed by atoms with van der Waals surface area (Å²) in [5.41, 5.74) is 0. The fourth-order valence-corrected chi connectivity index (χ4v) is 1.21. The Morgan fingerprint density at radius 3 is 2.50 bits per heavy atom. The van der Waals surface area contributed by atoms with E-state index in [1.165, 1.54) is 0 Å². The zero-order chi connectivity index (χ0) is 8.44. The summed E-state index contributed by atoms with van der Waals surface area (Å²) in [6.07, 6.45) is 0.974. The Bertz CT molecular complexity index is 252. The summed E-state index contributed by atoms with van der Waals surface area (Å²) in [5, 5.41) is 0. The molecule has 2 rings (SSSR count). The van der Waals surface area contributed by atoms with Gasteiger partial charge in [-0.15, -0.1) is 0 Å². The van der Waals surface area contributed by atoms with Crippen molar-refractivity contribution in [1.82, 2.24) is 0 Å². The molecule has 0 amide bonds. The molecule has 1 aliphatic heterocycles. The predicted octanol–water partition coefficient (Wildman–Crippen LogP) is 2.20. The summed E-state index contributed by atoms with van der Waals surface area (Å²) < 4.78 is 10.9. The molecule has 1 atom stereocenters. The molecule has 1 fully saturated rings. The zero-order valence-corrected chi connectivity index (χ0v) is 7.12. The largest absolute Gasteiger partial charge is 0.463 e. The first-order valence-corrected chi connectivity index (χ1v) is 4.17. The molecule has 12 heavy (non-hydrogen) atoms. The van der Waals surface area contributed by atoms with Crippen molar-refractivity contribution in [3.8, 4) is 5.75 Å². The first-order chi connectivity index (χ1) is 5.79. The molecule has 1 unspecified atom stereocenters. The molecule has 1 aromatic rings. The lowest BCUT2D eigenvalue weighted by Gasteiger charge is -2.38. The average molecular weight is 164 g/mol. The summed E-state index contributed by atoms with van der Waals surface area (Å²) >= 11 is 0. The van der Waals surface area contributed by atoms with Crippen LogP contribution in [0.3, 0.4) is 0 Å². The minimum absolute atomic E-state index is 0.374. The van der Waals surface area contributed by atoms with Crippen molar-refractivity contribution in [1.29, 1.82) is 0 Å². The summed E-state index contributed by atoms with van der Waals surface area (Å²) in [5.74, 6) is 0.501. The SMILES string of the molecule is CC1(Oc2ccccc2)CCO1. The van der Waals surface area contributed by atoms with E-state index in [2.05, 4.69) is 0 Å². The van der Waals surface area contributed by atoms with Crippen molar-refractivity contribution in [2.24, 2.45) is 0 Å². The standard InChI is InChI=1S/C10H12O2/c1-10(7-8-11-10)12-9-5-3-2-4-6-9/h2-6H,7-8H2,1H3. The van der Waals surface area contributed by atoms with E-state index in [-0.39, 0.29) is 5.79 Å². The van der Waals surface area contributed by atoms with Crippen molar-refractivity contribution >= 4 is 0 Å². The lowest BCUT2D eigenvalue weighted by atomic mass is 10.1. The zero-order valence-electron chi connectivity index (χ0n) is 7.12. The molecule has 0 radical (unpaired) electrons. The number of rotatable bonds is 2. The Kier molecular flexibility index (Phi) is 1.77. The van der Waals surface area contributed by atoms with Crippen LogP contribution in [-0.2, 0) is 4.74 Å². The van der Waals surface area contributed by atoms with Gasteiger partial charge in [0.15, 0.2) is 0 Å². The van der Waals surface area contributed by atoms with Crippen molar-refractivity contribution in [2.45, 2.75) is 19.1 Å². The summed E-state index contributed by atoms with van der Waals surface area (Å²) in [6, 6.07) is 9.76. The van der Waals surface area contributed by atoms with Crippen LogP contribution < -0.4 is 4.74 Å². The third-order valence-electron chi connectivity index (χ3n) is 2.04. The second kappa shape index (κ2) is 2.79. The van der Waals surface area contributed by atoms with Gasteiger partial charge in [-0.05, 0) is 12.1 Å². The Balaban J connectivity index is 2.04. The third-order valence-corrected chi connectivity index (χ3v) is 2.04. The quantitative estimate of drug-likeness (QED) is 0.667. The first-order valence-electron chi connectivity index (χ1n) is 4.17. The molecular formula is C10H12O2. The molecule has 0 spiro atoms. The Labute approximate surface area is 72.1 Å².